The summed E-state index contributed by atoms with van der Waals surface area (Å²) in [5.74, 6) is -1.95. The Morgan fingerprint density at radius 1 is 1.32 bits per heavy atom. The summed E-state index contributed by atoms with van der Waals surface area (Å²) in [6.07, 6.45) is -0.935. The summed E-state index contributed by atoms with van der Waals surface area (Å²) in [6, 6.07) is 0.752. The number of carbonyl (C=O) groups is 3. The minimum atomic E-state index is -1.35. The van der Waals surface area contributed by atoms with Gasteiger partial charge >= 0.3 is 12.1 Å². The Bertz CT molecular complexity index is 343. The predicted molar refractivity (Wildman–Crippen MR) is 71.0 cm³/mol. The van der Waals surface area contributed by atoms with Gasteiger partial charge in [0.25, 0.3) is 5.91 Å². The van der Waals surface area contributed by atoms with E-state index in [1.165, 1.54) is 0 Å². The highest BCUT2D eigenvalue weighted by Gasteiger charge is 2.23. The van der Waals surface area contributed by atoms with E-state index in [2.05, 4.69) is 25.1 Å². The molecule has 8 nitrogen and oxygen atoms in total. The second-order valence-corrected chi connectivity index (χ2v) is 10.7. The number of rotatable bonds is 7. The van der Waals surface area contributed by atoms with Crippen LogP contribution in [-0.2, 0) is 14.3 Å². The van der Waals surface area contributed by atoms with Gasteiger partial charge in [0.15, 0.2) is 0 Å². The zero-order valence-electron chi connectivity index (χ0n) is 11.4. The van der Waals surface area contributed by atoms with Crippen molar-refractivity contribution >= 4 is 26.0 Å². The lowest BCUT2D eigenvalue weighted by molar-refractivity contribution is -0.138. The first-order chi connectivity index (χ1) is 8.67. The van der Waals surface area contributed by atoms with Crippen LogP contribution in [0.4, 0.5) is 4.79 Å². The number of amides is 2. The van der Waals surface area contributed by atoms with Gasteiger partial charge in [-0.15, -0.1) is 0 Å². The maximum Gasteiger partial charge on any atom is 0.431 e. The normalized spacial score (nSPS) is 10.9. The Hall–Kier alpha value is -1.45. The molecule has 4 N–H and O–H groups in total. The molecule has 19 heavy (non-hydrogen) atoms. The molecule has 110 valence electrons. The third kappa shape index (κ3) is 8.29. The summed E-state index contributed by atoms with van der Waals surface area (Å²) in [5, 5.41) is 9.00. The van der Waals surface area contributed by atoms with Gasteiger partial charge in [-0.3, -0.25) is 9.59 Å². The van der Waals surface area contributed by atoms with Crippen molar-refractivity contribution in [3.8, 4) is 0 Å². The van der Waals surface area contributed by atoms with Gasteiger partial charge < -0.3 is 15.6 Å². The van der Waals surface area contributed by atoms with Gasteiger partial charge in [-0.1, -0.05) is 19.6 Å². The number of ether oxygens (including phenoxy) is 1. The highest BCUT2D eigenvalue weighted by molar-refractivity contribution is 6.76. The quantitative estimate of drug-likeness (QED) is 0.440. The smallest absolute Gasteiger partial charge is 0.431 e. The number of nitrogens with two attached hydrogens (primary N) is 1. The highest BCUT2D eigenvalue weighted by Crippen LogP contribution is 2.08. The van der Waals surface area contributed by atoms with Crippen LogP contribution in [0.3, 0.4) is 0 Å². The van der Waals surface area contributed by atoms with Crippen molar-refractivity contribution in [3.05, 3.63) is 0 Å². The van der Waals surface area contributed by atoms with E-state index in [4.69, 9.17) is 15.6 Å². The van der Waals surface area contributed by atoms with Crippen LogP contribution < -0.4 is 11.2 Å². The third-order valence-corrected chi connectivity index (χ3v) is 3.78. The fraction of sp³-hybridized carbons (Fsp3) is 0.700. The first-order valence-corrected chi connectivity index (χ1v) is 9.53. The van der Waals surface area contributed by atoms with E-state index in [0.29, 0.717) is 5.01 Å². The molecule has 0 saturated carbocycles. The zero-order chi connectivity index (χ0) is 15.1. The van der Waals surface area contributed by atoms with Crippen molar-refractivity contribution in [2.45, 2.75) is 25.7 Å². The lowest BCUT2D eigenvalue weighted by Crippen LogP contribution is -2.51. The number of carbonyl (C=O) groups excluding carboxylic acids is 2. The largest absolute Gasteiger partial charge is 0.480 e. The average Bonchev–Trinajstić information content (AvgIpc) is 2.26. The Morgan fingerprint density at radius 3 is 2.32 bits per heavy atom. The van der Waals surface area contributed by atoms with Crippen LogP contribution >= 0.6 is 0 Å². The van der Waals surface area contributed by atoms with Gasteiger partial charge in [-0.05, 0) is 6.04 Å². The molecule has 0 bridgehead atoms. The standard InChI is InChI=1S/C10H21N3O5Si/c1-19(2,3)5-4-18-10(17)13(8(14)6-11)12-7-9(15)16/h12H,4-7,11H2,1-3H3,(H,15,16). The lowest BCUT2D eigenvalue weighted by Gasteiger charge is -2.21. The highest BCUT2D eigenvalue weighted by atomic mass is 28.3. The molecule has 0 aliphatic carbocycles. The topological polar surface area (TPSA) is 122 Å². The van der Waals surface area contributed by atoms with E-state index in [0.717, 1.165) is 6.04 Å². The molecule has 0 atom stereocenters. The molecule has 0 unspecified atom stereocenters. The van der Waals surface area contributed by atoms with Gasteiger partial charge in [0.05, 0.1) is 13.2 Å². The molecule has 0 saturated heterocycles. The van der Waals surface area contributed by atoms with Gasteiger partial charge in [0.2, 0.25) is 0 Å². The Kier molecular flexibility index (Phi) is 7.27. The van der Waals surface area contributed by atoms with E-state index < -0.39 is 39.1 Å². The molecule has 2 amide bonds. The summed E-state index contributed by atoms with van der Waals surface area (Å²) >= 11 is 0. The monoisotopic (exact) mass is 291 g/mol. The molecule has 0 spiro atoms. The molecular formula is C10H21N3O5Si. The van der Waals surface area contributed by atoms with Gasteiger partial charge in [0, 0.05) is 8.07 Å². The maximum absolute atomic E-state index is 11.6. The molecule has 0 aliphatic rings. The Labute approximate surface area is 112 Å². The minimum Gasteiger partial charge on any atom is -0.480 e. The molecule has 0 aliphatic heterocycles. The van der Waals surface area contributed by atoms with Crippen molar-refractivity contribution in [2.24, 2.45) is 5.73 Å². The Balaban J connectivity index is 4.38. The third-order valence-electron chi connectivity index (χ3n) is 2.07. The SMILES string of the molecule is C[Si](C)(C)CCOC(=O)N(NCC(=O)O)C(=O)CN. The summed E-state index contributed by atoms with van der Waals surface area (Å²) in [5.41, 5.74) is 7.29. The van der Waals surface area contributed by atoms with E-state index in [1.54, 1.807) is 0 Å². The molecule has 0 aromatic carbocycles. The molecule has 0 fully saturated rings. The molecule has 0 aromatic heterocycles. The molecule has 0 rings (SSSR count). The second-order valence-electron chi connectivity index (χ2n) is 5.09. The fourth-order valence-electron chi connectivity index (χ4n) is 1.00. The first kappa shape index (κ1) is 17.5. The summed E-state index contributed by atoms with van der Waals surface area (Å²) in [7, 11) is -1.35. The average molecular weight is 291 g/mol. The van der Waals surface area contributed by atoms with Gasteiger partial charge in [-0.2, -0.15) is 5.01 Å². The van der Waals surface area contributed by atoms with Crippen LogP contribution in [0.2, 0.25) is 25.7 Å². The zero-order valence-corrected chi connectivity index (χ0v) is 12.4. The van der Waals surface area contributed by atoms with Gasteiger partial charge in [0.1, 0.15) is 6.54 Å². The van der Waals surface area contributed by atoms with E-state index >= 15 is 0 Å². The maximum atomic E-state index is 11.6. The summed E-state index contributed by atoms with van der Waals surface area (Å²) in [4.78, 5) is 33.4. The molecule has 0 aromatic rings. The van der Waals surface area contributed by atoms with Crippen molar-refractivity contribution < 1.29 is 24.2 Å². The van der Waals surface area contributed by atoms with Crippen LogP contribution in [0.25, 0.3) is 0 Å². The van der Waals surface area contributed by atoms with Gasteiger partial charge in [-0.25, -0.2) is 10.2 Å². The number of carboxylic acids is 1. The van der Waals surface area contributed by atoms with Crippen molar-refractivity contribution in [2.75, 3.05) is 19.7 Å². The molecule has 0 heterocycles. The fourth-order valence-corrected chi connectivity index (χ4v) is 1.72. The number of carboxylic acid groups (broad SMARTS) is 1. The Morgan fingerprint density at radius 2 is 1.89 bits per heavy atom. The van der Waals surface area contributed by atoms with E-state index in [1.807, 2.05) is 0 Å². The second kappa shape index (κ2) is 7.87. The summed E-state index contributed by atoms with van der Waals surface area (Å²) < 4.78 is 4.93. The number of hydrogen-bond donors (Lipinski definition) is 3. The molecular weight excluding hydrogens is 270 g/mol. The van der Waals surface area contributed by atoms with Crippen molar-refractivity contribution in [3.63, 3.8) is 0 Å². The summed E-state index contributed by atoms with van der Waals surface area (Å²) in [6.45, 7) is 5.55. The van der Waals surface area contributed by atoms with Crippen LogP contribution in [0, 0.1) is 0 Å². The van der Waals surface area contributed by atoms with Crippen LogP contribution in [0.15, 0.2) is 0 Å². The molecule has 9 heteroatoms. The predicted octanol–water partition coefficient (Wildman–Crippen LogP) is -0.162. The number of hydrogen-bond acceptors (Lipinski definition) is 6. The number of nitrogens with zero attached hydrogens (tertiary/aromatic N) is 1. The van der Waals surface area contributed by atoms with Crippen LogP contribution in [-0.4, -0.2) is 55.9 Å². The number of aliphatic carboxylic acids is 1. The molecule has 0 radical (unpaired) electrons. The number of nitrogens with one attached hydrogen (secondary N) is 1. The van der Waals surface area contributed by atoms with Crippen molar-refractivity contribution in [1.82, 2.24) is 10.4 Å². The van der Waals surface area contributed by atoms with Crippen LogP contribution in [0.5, 0.6) is 0 Å². The number of hydrazine groups is 1. The van der Waals surface area contributed by atoms with E-state index in [-0.39, 0.29) is 6.61 Å². The minimum absolute atomic E-state index is 0.192. The van der Waals surface area contributed by atoms with E-state index in [9.17, 15) is 14.4 Å². The lowest BCUT2D eigenvalue weighted by atomic mass is 10.6. The number of imide groups is 1. The van der Waals surface area contributed by atoms with Crippen LogP contribution in [0.1, 0.15) is 0 Å². The van der Waals surface area contributed by atoms with Crippen molar-refractivity contribution in [1.29, 1.82) is 0 Å². The first-order valence-electron chi connectivity index (χ1n) is 5.82.